The largest absolute Gasteiger partial charge is 0.457 e. The minimum atomic E-state index is -5.08. The Balaban J connectivity index is 2.47. The molecule has 356 valence electrons. The number of hydrogen-bond acceptors (Lipinski definition) is 11. The highest BCUT2D eigenvalue weighted by atomic mass is 32.3. The van der Waals surface area contributed by atoms with Crippen LogP contribution in [0.1, 0.15) is 155 Å². The van der Waals surface area contributed by atoms with Crippen LogP contribution in [0.3, 0.4) is 0 Å². The zero-order valence-corrected chi connectivity index (χ0v) is 38.7. The van der Waals surface area contributed by atoms with Crippen LogP contribution < -0.4 is 0 Å². The Morgan fingerprint density at radius 1 is 0.629 bits per heavy atom. The molecule has 4 N–H and O–H groups in total. The first kappa shape index (κ1) is 57.3. The first-order valence-electron chi connectivity index (χ1n) is 23.3. The van der Waals surface area contributed by atoms with Gasteiger partial charge in [0.15, 0.2) is 6.29 Å². The molecular weight excluding hydrogens is 813 g/mol. The molecule has 13 heteroatoms. The lowest BCUT2D eigenvalue weighted by Crippen LogP contribution is -2.60. The molecule has 6 atom stereocenters. The van der Waals surface area contributed by atoms with E-state index < -0.39 is 59.8 Å². The molecule has 12 nitrogen and oxygen atoms in total. The lowest BCUT2D eigenvalue weighted by molar-refractivity contribution is -0.301. The van der Waals surface area contributed by atoms with E-state index in [4.69, 9.17) is 23.5 Å². The van der Waals surface area contributed by atoms with Crippen LogP contribution in [0.25, 0.3) is 0 Å². The molecule has 0 bridgehead atoms. The van der Waals surface area contributed by atoms with Crippen molar-refractivity contribution in [2.24, 2.45) is 0 Å². The highest BCUT2D eigenvalue weighted by Crippen LogP contribution is 2.26. The highest BCUT2D eigenvalue weighted by molar-refractivity contribution is 7.80. The second-order valence-corrected chi connectivity index (χ2v) is 16.7. The molecule has 0 radical (unpaired) electrons. The number of unbranched alkanes of at least 4 members (excludes halogenated alkanes) is 12. The molecule has 6 unspecified atom stereocenters. The first-order chi connectivity index (χ1) is 30.1. The van der Waals surface area contributed by atoms with Crippen molar-refractivity contribution in [1.82, 2.24) is 0 Å². The number of esters is 1. The number of ether oxygens (including phenoxy) is 4. The predicted molar refractivity (Wildman–Crippen MR) is 248 cm³/mol. The van der Waals surface area contributed by atoms with Crippen LogP contribution in [-0.2, 0) is 38.3 Å². The van der Waals surface area contributed by atoms with Gasteiger partial charge in [0.2, 0.25) is 0 Å². The number of rotatable bonds is 39. The Morgan fingerprint density at radius 3 is 1.63 bits per heavy atom. The van der Waals surface area contributed by atoms with E-state index in [9.17, 15) is 28.5 Å². The fourth-order valence-electron chi connectivity index (χ4n) is 6.53. The van der Waals surface area contributed by atoms with E-state index in [-0.39, 0.29) is 19.6 Å². The summed E-state index contributed by atoms with van der Waals surface area (Å²) < 4.78 is 59.0. The molecule has 0 saturated carbocycles. The number of carbonyl (C=O) groups is 1. The Kier molecular flexibility index (Phi) is 36.8. The van der Waals surface area contributed by atoms with E-state index in [1.165, 1.54) is 57.8 Å². The van der Waals surface area contributed by atoms with Gasteiger partial charge < -0.3 is 34.3 Å². The monoisotopic (exact) mass is 895 g/mol. The molecule has 1 fully saturated rings. The quantitative estimate of drug-likeness (QED) is 0.0199. The summed E-state index contributed by atoms with van der Waals surface area (Å²) in [6, 6.07) is 0. The molecule has 0 spiro atoms. The van der Waals surface area contributed by atoms with E-state index in [2.05, 4.69) is 90.9 Å². The van der Waals surface area contributed by atoms with Crippen LogP contribution in [0.4, 0.5) is 0 Å². The molecule has 0 amide bonds. The Labute approximate surface area is 374 Å². The molecule has 0 aromatic rings. The lowest BCUT2D eigenvalue weighted by Gasteiger charge is -2.41. The Bertz CT molecular complexity index is 1400. The summed E-state index contributed by atoms with van der Waals surface area (Å²) in [6.45, 7) is 3.61. The fourth-order valence-corrected chi connectivity index (χ4v) is 7.04. The van der Waals surface area contributed by atoms with Gasteiger partial charge in [-0.25, -0.2) is 4.18 Å². The van der Waals surface area contributed by atoms with E-state index in [0.29, 0.717) is 19.4 Å². The van der Waals surface area contributed by atoms with E-state index in [0.717, 1.165) is 64.2 Å². The second-order valence-electron chi connectivity index (χ2n) is 15.6. The summed E-state index contributed by atoms with van der Waals surface area (Å²) in [5.74, 6) is -0.432. The van der Waals surface area contributed by atoms with Gasteiger partial charge in [0, 0.05) is 6.42 Å². The van der Waals surface area contributed by atoms with E-state index in [1.807, 2.05) is 12.2 Å². The van der Waals surface area contributed by atoms with Crippen LogP contribution in [0.15, 0.2) is 85.1 Å². The Morgan fingerprint density at radius 2 is 1.11 bits per heavy atom. The average molecular weight is 895 g/mol. The predicted octanol–water partition coefficient (Wildman–Crippen LogP) is 10.1. The molecule has 1 aliphatic heterocycles. The zero-order chi connectivity index (χ0) is 45.4. The molecule has 62 heavy (non-hydrogen) atoms. The van der Waals surface area contributed by atoms with Crippen molar-refractivity contribution in [2.45, 2.75) is 192 Å². The SMILES string of the molecule is CC/C=C\C/C=C\C/C=C\C/C=C\C/C=C\CCOCC(COC1OC(CO)C(O)C(OS(=O)(=O)O)C1O)OC(=O)CCCCCCCCCCC/C=C\C/C=C\CCCCC. The maximum Gasteiger partial charge on any atom is 0.397 e. The van der Waals surface area contributed by atoms with Gasteiger partial charge in [0.25, 0.3) is 0 Å². The van der Waals surface area contributed by atoms with Crippen molar-refractivity contribution in [3.05, 3.63) is 85.1 Å². The van der Waals surface area contributed by atoms with Crippen LogP contribution in [0, 0.1) is 0 Å². The number of aliphatic hydroxyl groups excluding tert-OH is 3. The molecule has 0 aromatic carbocycles. The fraction of sp³-hybridized carbons (Fsp3) is 0.694. The normalized spacial score (nSPS) is 20.8. The van der Waals surface area contributed by atoms with Gasteiger partial charge in [-0.05, 0) is 77.0 Å². The van der Waals surface area contributed by atoms with Crippen LogP contribution in [0.5, 0.6) is 0 Å². The van der Waals surface area contributed by atoms with Crippen molar-refractivity contribution >= 4 is 16.4 Å². The minimum Gasteiger partial charge on any atom is -0.457 e. The van der Waals surface area contributed by atoms with Crippen molar-refractivity contribution in [3.8, 4) is 0 Å². The molecule has 0 aromatic heterocycles. The van der Waals surface area contributed by atoms with Crippen LogP contribution in [0.2, 0.25) is 0 Å². The van der Waals surface area contributed by atoms with E-state index >= 15 is 0 Å². The number of aliphatic hydroxyl groups is 3. The maximum absolute atomic E-state index is 12.9. The molecule has 1 saturated heterocycles. The van der Waals surface area contributed by atoms with Crippen molar-refractivity contribution in [3.63, 3.8) is 0 Å². The summed E-state index contributed by atoms with van der Waals surface area (Å²) in [5.41, 5.74) is 0. The summed E-state index contributed by atoms with van der Waals surface area (Å²) in [6.07, 6.45) is 43.5. The Hall–Kier alpha value is -2.72. The zero-order valence-electron chi connectivity index (χ0n) is 37.9. The first-order valence-corrected chi connectivity index (χ1v) is 24.7. The number of carbonyl (C=O) groups excluding carboxylic acids is 1. The average Bonchev–Trinajstić information content (AvgIpc) is 3.24. The van der Waals surface area contributed by atoms with E-state index in [1.54, 1.807) is 0 Å². The summed E-state index contributed by atoms with van der Waals surface area (Å²) in [4.78, 5) is 12.9. The minimum absolute atomic E-state index is 0.0247. The van der Waals surface area contributed by atoms with Gasteiger partial charge in [-0.3, -0.25) is 9.35 Å². The van der Waals surface area contributed by atoms with Crippen molar-refractivity contribution < 1.29 is 56.2 Å². The molecular formula is C49H82O12S. The summed E-state index contributed by atoms with van der Waals surface area (Å²) >= 11 is 0. The van der Waals surface area contributed by atoms with Crippen LogP contribution in [-0.4, -0.2) is 97.5 Å². The van der Waals surface area contributed by atoms with Gasteiger partial charge in [-0.15, -0.1) is 0 Å². The number of allylic oxidation sites excluding steroid dienone is 13. The van der Waals surface area contributed by atoms with Gasteiger partial charge in [0.05, 0.1) is 26.4 Å². The highest BCUT2D eigenvalue weighted by Gasteiger charge is 2.48. The molecule has 0 aliphatic carbocycles. The molecule has 1 heterocycles. The second kappa shape index (κ2) is 39.8. The van der Waals surface area contributed by atoms with Crippen LogP contribution >= 0.6 is 0 Å². The van der Waals surface area contributed by atoms with Gasteiger partial charge in [0.1, 0.15) is 30.5 Å². The third-order valence-electron chi connectivity index (χ3n) is 10.0. The molecule has 1 rings (SSSR count). The van der Waals surface area contributed by atoms with Crippen molar-refractivity contribution in [2.75, 3.05) is 26.4 Å². The van der Waals surface area contributed by atoms with Gasteiger partial charge >= 0.3 is 16.4 Å². The maximum atomic E-state index is 12.9. The summed E-state index contributed by atoms with van der Waals surface area (Å²) in [7, 11) is -5.08. The topological polar surface area (TPSA) is 178 Å². The third-order valence-corrected chi connectivity index (χ3v) is 10.5. The summed E-state index contributed by atoms with van der Waals surface area (Å²) in [5, 5.41) is 30.7. The van der Waals surface area contributed by atoms with Gasteiger partial charge in [-0.1, -0.05) is 157 Å². The number of hydrogen-bond donors (Lipinski definition) is 4. The molecule has 1 aliphatic rings. The van der Waals surface area contributed by atoms with Gasteiger partial charge in [-0.2, -0.15) is 8.42 Å². The lowest BCUT2D eigenvalue weighted by atomic mass is 9.99. The third kappa shape index (κ3) is 32.9. The smallest absolute Gasteiger partial charge is 0.397 e. The standard InChI is InChI=1S/C49H82O12S/c1-3-5-7-9-11-13-15-17-19-21-22-23-24-26-28-30-32-34-36-38-45(51)59-43(42-58-49-47(53)48(61-62(54,55)56)46(52)44(40-50)60-49)41-57-39-37-35-33-31-29-27-25-20-18-16-14-12-10-8-6-4-2/h6,8,11-14,17-20,27,29,33,35,43-44,46-50,52-53H,3-5,7,9-10,15-16,21-26,28,30-32,34,36-42H2,1-2H3,(H,54,55,56)/b8-6-,13-11-,14-12-,19-17-,20-18-,29-27-,35-33-. The van der Waals surface area contributed by atoms with Crippen molar-refractivity contribution in [1.29, 1.82) is 0 Å².